The fourth-order valence-electron chi connectivity index (χ4n) is 11.5. The van der Waals surface area contributed by atoms with E-state index in [4.69, 9.17) is 0 Å². The van der Waals surface area contributed by atoms with Crippen LogP contribution in [0.5, 0.6) is 0 Å². The van der Waals surface area contributed by atoms with E-state index in [-0.39, 0.29) is 22.6 Å². The van der Waals surface area contributed by atoms with Gasteiger partial charge in [-0.25, -0.2) is 0 Å². The van der Waals surface area contributed by atoms with E-state index in [0.717, 1.165) is 42.6 Å². The average molecular weight is 908 g/mol. The lowest BCUT2D eigenvalue weighted by Crippen LogP contribution is -2.35. The Morgan fingerprint density at radius 3 is 2.15 bits per heavy atom. The van der Waals surface area contributed by atoms with Gasteiger partial charge in [0.2, 0.25) is 17.5 Å². The Hall–Kier alpha value is -6.01. The van der Waals surface area contributed by atoms with Gasteiger partial charge in [-0.05, 0) is 140 Å². The summed E-state index contributed by atoms with van der Waals surface area (Å²) in [6.45, 7) is 26.7. The molecule has 3 aliphatic rings. The average Bonchev–Trinajstić information content (AvgIpc) is 3.88. The molecular formula is C62H75N4O2+. The molecule has 6 nitrogen and oxygen atoms in total. The third-order valence-corrected chi connectivity index (χ3v) is 14.9. The van der Waals surface area contributed by atoms with Gasteiger partial charge in [0.1, 0.15) is 6.54 Å². The Morgan fingerprint density at radius 2 is 1.46 bits per heavy atom. The second-order valence-electron chi connectivity index (χ2n) is 20.9. The summed E-state index contributed by atoms with van der Waals surface area (Å²) in [4.78, 5) is 29.5. The van der Waals surface area contributed by atoms with Gasteiger partial charge >= 0.3 is 0 Å². The van der Waals surface area contributed by atoms with Crippen LogP contribution in [-0.2, 0) is 26.8 Å². The molecule has 0 fully saturated rings. The lowest BCUT2D eigenvalue weighted by Gasteiger charge is -2.27. The van der Waals surface area contributed by atoms with E-state index in [1.807, 2.05) is 6.08 Å². The molecule has 8 rings (SSSR count). The molecular weight excluding hydrogens is 833 g/mol. The highest BCUT2D eigenvalue weighted by molar-refractivity contribution is 6.09. The quantitative estimate of drug-likeness (QED) is 0.0541. The molecule has 0 atom stereocenters. The van der Waals surface area contributed by atoms with E-state index in [2.05, 4.69) is 181 Å². The van der Waals surface area contributed by atoms with Crippen molar-refractivity contribution in [3.05, 3.63) is 159 Å². The lowest BCUT2D eigenvalue weighted by atomic mass is 9.78. The molecule has 1 N–H and O–H groups in total. The van der Waals surface area contributed by atoms with Crippen molar-refractivity contribution in [2.45, 2.75) is 131 Å². The maximum absolute atomic E-state index is 13.1. The number of carbonyl (C=O) groups excluding carboxylic acids is 2. The molecule has 0 unspecified atom stereocenters. The van der Waals surface area contributed by atoms with Crippen molar-refractivity contribution in [3.8, 4) is 0 Å². The second kappa shape index (κ2) is 20.3. The van der Waals surface area contributed by atoms with Crippen LogP contribution in [0.1, 0.15) is 131 Å². The maximum Gasteiger partial charge on any atom is 0.246 e. The van der Waals surface area contributed by atoms with Crippen molar-refractivity contribution < 1.29 is 14.2 Å². The first-order chi connectivity index (χ1) is 32.6. The van der Waals surface area contributed by atoms with Gasteiger partial charge in [0.05, 0.1) is 5.41 Å². The van der Waals surface area contributed by atoms with E-state index < -0.39 is 0 Å². The molecule has 6 heteroatoms. The van der Waals surface area contributed by atoms with E-state index in [1.54, 1.807) is 11.0 Å². The molecule has 0 spiro atoms. The zero-order valence-electron chi connectivity index (χ0n) is 42.7. The van der Waals surface area contributed by atoms with Crippen LogP contribution in [0.4, 0.5) is 11.4 Å². The Labute approximate surface area is 407 Å². The number of aryl methyl sites for hydroxylation is 5. The highest BCUT2D eigenvalue weighted by atomic mass is 16.2. The molecule has 0 radical (unpaired) electrons. The molecule has 0 saturated heterocycles. The molecule has 0 aromatic heterocycles. The molecule has 5 aromatic carbocycles. The Morgan fingerprint density at radius 1 is 0.765 bits per heavy atom. The van der Waals surface area contributed by atoms with E-state index in [9.17, 15) is 9.59 Å². The fourth-order valence-corrected chi connectivity index (χ4v) is 11.5. The Balaban J connectivity index is 1.22. The van der Waals surface area contributed by atoms with Crippen molar-refractivity contribution >= 4 is 56.0 Å². The molecule has 0 bridgehead atoms. The summed E-state index contributed by atoms with van der Waals surface area (Å²) in [6.07, 6.45) is 21.0. The topological polar surface area (TPSA) is 55.7 Å². The summed E-state index contributed by atoms with van der Waals surface area (Å²) < 4.78 is 2.61. The standard InChI is InChI=1S/C62H74N4O2/c1-11-13-15-34-65-53-27-25-49-44(5)37-42(3)39-51(49)59(53)61(7,8)55(65)29-23-47(48-20-17-19-46(41-48)22-31-57(67)63-32-36-64-33-18-21-58(64)68)24-30-56-62(9,10)60-52-40-43(4)38-45(6)50(52)26-28-54(60)66(56)35-16-14-12-2/h17-21,23-30,37-41H,11-16,22,31-36H2,1-10H3/p+1. The summed E-state index contributed by atoms with van der Waals surface area (Å²) in [5.41, 5.74) is 16.3. The van der Waals surface area contributed by atoms with Crippen molar-refractivity contribution in [1.29, 1.82) is 0 Å². The van der Waals surface area contributed by atoms with Gasteiger partial charge in [-0.1, -0.05) is 125 Å². The summed E-state index contributed by atoms with van der Waals surface area (Å²) in [5.74, 6) is 0.0100. The largest absolute Gasteiger partial charge is 0.354 e. The second-order valence-corrected chi connectivity index (χ2v) is 20.9. The SMILES string of the molecule is CCCCCN1C(=CC=C(C=CC2=[N+](CCCCC)c3ccc4c(C)cc(C)cc4c3C2(C)C)c2cccc(CCC(=O)NCCN3CC=CC3=O)c2)C(C)(C)c2c1ccc1c(C)cc(C)cc21. The fraction of sp³-hybridized carbons (Fsp3) is 0.403. The maximum atomic E-state index is 13.1. The number of amides is 2. The molecule has 2 amide bonds. The zero-order valence-corrected chi connectivity index (χ0v) is 42.7. The minimum Gasteiger partial charge on any atom is -0.354 e. The number of hydrogen-bond acceptors (Lipinski definition) is 3. The summed E-state index contributed by atoms with van der Waals surface area (Å²) >= 11 is 0. The normalized spacial score (nSPS) is 16.9. The van der Waals surface area contributed by atoms with Gasteiger partial charge in [0.25, 0.3) is 0 Å². The van der Waals surface area contributed by atoms with Crippen molar-refractivity contribution in [2.24, 2.45) is 0 Å². The molecule has 5 aromatic rings. The summed E-state index contributed by atoms with van der Waals surface area (Å²) in [6, 6.07) is 27.6. The van der Waals surface area contributed by atoms with Crippen LogP contribution >= 0.6 is 0 Å². The zero-order chi connectivity index (χ0) is 48.3. The van der Waals surface area contributed by atoms with Crippen LogP contribution in [0.2, 0.25) is 0 Å². The number of allylic oxidation sites excluding steroid dienone is 6. The van der Waals surface area contributed by atoms with Crippen LogP contribution in [0.3, 0.4) is 0 Å². The molecule has 3 heterocycles. The van der Waals surface area contributed by atoms with Crippen LogP contribution in [-0.4, -0.2) is 59.7 Å². The Bertz CT molecular complexity index is 2920. The van der Waals surface area contributed by atoms with Gasteiger partial charge in [-0.2, -0.15) is 4.58 Å². The first-order valence-electron chi connectivity index (χ1n) is 25.6. The molecule has 0 aliphatic carbocycles. The van der Waals surface area contributed by atoms with Gasteiger partial charge in [0.15, 0.2) is 5.71 Å². The number of anilines is 1. The molecule has 3 aliphatic heterocycles. The smallest absolute Gasteiger partial charge is 0.246 e. The predicted octanol–water partition coefficient (Wildman–Crippen LogP) is 13.8. The van der Waals surface area contributed by atoms with E-state index in [1.165, 1.54) is 103 Å². The number of nitrogens with zero attached hydrogens (tertiary/aromatic N) is 3. The number of fused-ring (bicyclic) bond motifs is 6. The number of benzene rings is 5. The first kappa shape index (κ1) is 48.4. The number of rotatable bonds is 18. The van der Waals surface area contributed by atoms with Crippen LogP contribution < -0.4 is 10.2 Å². The van der Waals surface area contributed by atoms with Crippen LogP contribution in [0, 0.1) is 27.7 Å². The molecule has 0 saturated carbocycles. The Kier molecular flexibility index (Phi) is 14.5. The molecule has 354 valence electrons. The van der Waals surface area contributed by atoms with E-state index in [0.29, 0.717) is 32.5 Å². The number of unbranched alkanes of at least 4 members (excludes halogenated alkanes) is 4. The highest BCUT2D eigenvalue weighted by Gasteiger charge is 2.46. The van der Waals surface area contributed by atoms with Crippen molar-refractivity contribution in [3.63, 3.8) is 0 Å². The number of nitrogens with one attached hydrogen (secondary N) is 1. The first-order valence-corrected chi connectivity index (χ1v) is 25.6. The lowest BCUT2D eigenvalue weighted by molar-refractivity contribution is -0.438. The van der Waals surface area contributed by atoms with Gasteiger partial charge in [-0.3, -0.25) is 9.59 Å². The molecule has 68 heavy (non-hydrogen) atoms. The number of hydrogen-bond donors (Lipinski definition) is 1. The van der Waals surface area contributed by atoms with Gasteiger partial charge in [0, 0.05) is 79.6 Å². The monoisotopic (exact) mass is 908 g/mol. The van der Waals surface area contributed by atoms with Crippen LogP contribution in [0.25, 0.3) is 27.1 Å². The third kappa shape index (κ3) is 9.66. The van der Waals surface area contributed by atoms with E-state index >= 15 is 0 Å². The summed E-state index contributed by atoms with van der Waals surface area (Å²) in [5, 5.41) is 8.43. The minimum atomic E-state index is -0.238. The third-order valence-electron chi connectivity index (χ3n) is 14.9. The van der Waals surface area contributed by atoms with Gasteiger partial charge in [-0.15, -0.1) is 0 Å². The van der Waals surface area contributed by atoms with Crippen molar-refractivity contribution in [1.82, 2.24) is 10.2 Å². The van der Waals surface area contributed by atoms with Gasteiger partial charge < -0.3 is 15.1 Å². The predicted molar refractivity (Wildman–Crippen MR) is 288 cm³/mol. The number of carbonyl (C=O) groups is 2. The highest BCUT2D eigenvalue weighted by Crippen LogP contribution is 2.52. The summed E-state index contributed by atoms with van der Waals surface area (Å²) in [7, 11) is 0. The minimum absolute atomic E-state index is 0.0000153. The van der Waals surface area contributed by atoms with Crippen molar-refractivity contribution in [2.75, 3.05) is 37.6 Å². The van der Waals surface area contributed by atoms with Crippen LogP contribution in [0.15, 0.2) is 115 Å².